The first-order chi connectivity index (χ1) is 22.3. The van der Waals surface area contributed by atoms with Gasteiger partial charge in [-0.05, 0) is 22.8 Å². The maximum Gasteiger partial charge on any atom is 0.351 e. The lowest BCUT2D eigenvalue weighted by molar-refractivity contribution is -0.114. The highest BCUT2D eigenvalue weighted by Crippen LogP contribution is 2.42. The summed E-state index contributed by atoms with van der Waals surface area (Å²) in [6.07, 6.45) is -3.29. The molecule has 1 aromatic heterocycles. The average Bonchev–Trinajstić information content (AvgIpc) is 3.32. The Balaban J connectivity index is 1.62. The van der Waals surface area contributed by atoms with E-state index in [0.29, 0.717) is 0 Å². The van der Waals surface area contributed by atoms with Crippen LogP contribution in [0.4, 0.5) is 5.82 Å². The van der Waals surface area contributed by atoms with Crippen LogP contribution in [0, 0.1) is 0 Å². The maximum absolute atomic E-state index is 13.1. The first kappa shape index (κ1) is 34.1. The number of rotatable bonds is 12. The van der Waals surface area contributed by atoms with Gasteiger partial charge in [0.15, 0.2) is 12.3 Å². The molecule has 1 saturated heterocycles. The van der Waals surface area contributed by atoms with Crippen molar-refractivity contribution in [3.05, 3.63) is 130 Å². The number of nitrogens with one attached hydrogen (secondary N) is 1. The molecule has 3 aromatic carbocycles. The minimum Gasteiger partial charge on any atom is -0.358 e. The summed E-state index contributed by atoms with van der Waals surface area (Å²) >= 11 is 0. The number of carbonyl (C=O) groups excluding carboxylic acids is 1. The molecule has 47 heavy (non-hydrogen) atoms. The molecule has 1 aliphatic rings. The van der Waals surface area contributed by atoms with Gasteiger partial charge in [0.25, 0.3) is 20.2 Å². The fourth-order valence-corrected chi connectivity index (χ4v) is 6.77. The third-order valence-electron chi connectivity index (χ3n) is 7.27. The van der Waals surface area contributed by atoms with Crippen LogP contribution in [0.2, 0.25) is 0 Å². The topological polar surface area (TPSA) is 169 Å². The van der Waals surface area contributed by atoms with E-state index in [9.17, 15) is 26.4 Å². The Morgan fingerprint density at radius 1 is 0.809 bits per heavy atom. The van der Waals surface area contributed by atoms with E-state index in [4.69, 9.17) is 17.8 Å². The maximum atomic E-state index is 13.1. The standard InChI is InChI=1S/C32H33N3O10S2/c1-22(36)33-27-19-20-35(31(37)34-27)30-29(45-47(3,40)41)28(44-46(2,38)39)26(43-30)21-42-32(23-13-7-4-8-14-23,24-15-9-5-10-16-24)25-17-11-6-12-18-25/h4-20,26,28-30H,21H2,1-3H3,(H,33,34,36,37)/t26-,28-,29-,30-/m1/s1. The lowest BCUT2D eigenvalue weighted by Gasteiger charge is -2.37. The van der Waals surface area contributed by atoms with Gasteiger partial charge in [0.1, 0.15) is 23.6 Å². The Morgan fingerprint density at radius 2 is 1.28 bits per heavy atom. The van der Waals surface area contributed by atoms with E-state index >= 15 is 0 Å². The predicted molar refractivity (Wildman–Crippen MR) is 171 cm³/mol. The zero-order valence-corrected chi connectivity index (χ0v) is 27.3. The van der Waals surface area contributed by atoms with Crippen molar-refractivity contribution in [3.8, 4) is 0 Å². The second-order valence-electron chi connectivity index (χ2n) is 10.9. The molecule has 0 radical (unpaired) electrons. The number of hydrogen-bond donors (Lipinski definition) is 1. The van der Waals surface area contributed by atoms with E-state index < -0.39 is 62.0 Å². The molecule has 13 nitrogen and oxygen atoms in total. The zero-order chi connectivity index (χ0) is 33.8. The van der Waals surface area contributed by atoms with Crippen molar-refractivity contribution in [3.63, 3.8) is 0 Å². The van der Waals surface area contributed by atoms with Gasteiger partial charge in [-0.3, -0.25) is 17.7 Å². The zero-order valence-electron chi connectivity index (χ0n) is 25.6. The molecule has 0 spiro atoms. The molecule has 4 aromatic rings. The van der Waals surface area contributed by atoms with Gasteiger partial charge in [0.05, 0.1) is 19.1 Å². The average molecular weight is 684 g/mol. The van der Waals surface area contributed by atoms with Gasteiger partial charge in [0.2, 0.25) is 5.91 Å². The van der Waals surface area contributed by atoms with Crippen LogP contribution in [0.5, 0.6) is 0 Å². The van der Waals surface area contributed by atoms with Crippen molar-refractivity contribution in [1.82, 2.24) is 9.55 Å². The number of anilines is 1. The quantitative estimate of drug-likeness (QED) is 0.172. The summed E-state index contributed by atoms with van der Waals surface area (Å²) in [5.74, 6) is -0.526. The van der Waals surface area contributed by atoms with E-state index in [0.717, 1.165) is 33.8 Å². The Kier molecular flexibility index (Phi) is 10.0. The van der Waals surface area contributed by atoms with E-state index in [1.54, 1.807) is 0 Å². The molecule has 0 saturated carbocycles. The van der Waals surface area contributed by atoms with Crippen molar-refractivity contribution < 1.29 is 39.5 Å². The van der Waals surface area contributed by atoms with E-state index in [2.05, 4.69) is 10.3 Å². The highest BCUT2D eigenvalue weighted by atomic mass is 32.2. The predicted octanol–water partition coefficient (Wildman–Crippen LogP) is 2.80. The number of benzene rings is 3. The lowest BCUT2D eigenvalue weighted by Crippen LogP contribution is -2.43. The van der Waals surface area contributed by atoms with Gasteiger partial charge in [-0.15, -0.1) is 0 Å². The minimum absolute atomic E-state index is 0.0560. The fourth-order valence-electron chi connectivity index (χ4n) is 5.52. The normalized spacial score (nSPS) is 20.1. The summed E-state index contributed by atoms with van der Waals surface area (Å²) in [4.78, 5) is 28.4. The third-order valence-corrected chi connectivity index (χ3v) is 8.41. The Bertz CT molecular complexity index is 1880. The third kappa shape index (κ3) is 8.01. The number of hydrogen-bond acceptors (Lipinski definition) is 11. The van der Waals surface area contributed by atoms with Crippen molar-refractivity contribution in [2.45, 2.75) is 37.1 Å². The van der Waals surface area contributed by atoms with Gasteiger partial charge in [0, 0.05) is 13.1 Å². The number of ether oxygens (including phenoxy) is 2. The van der Waals surface area contributed by atoms with Crippen molar-refractivity contribution in [2.24, 2.45) is 0 Å². The van der Waals surface area contributed by atoms with E-state index in [1.165, 1.54) is 19.2 Å². The van der Waals surface area contributed by atoms with Crippen LogP contribution in [-0.4, -0.2) is 69.7 Å². The molecule has 15 heteroatoms. The summed E-state index contributed by atoms with van der Waals surface area (Å²) in [5.41, 5.74) is 0.0310. The molecule has 1 amide bonds. The summed E-state index contributed by atoms with van der Waals surface area (Å²) < 4.78 is 74.6. The number of carbonyl (C=O) groups is 1. The summed E-state index contributed by atoms with van der Waals surface area (Å²) in [5, 5.41) is 2.39. The van der Waals surface area contributed by atoms with Crippen LogP contribution < -0.4 is 11.0 Å². The summed E-state index contributed by atoms with van der Waals surface area (Å²) in [7, 11) is -8.49. The van der Waals surface area contributed by atoms with Crippen molar-refractivity contribution in [2.75, 3.05) is 24.4 Å². The van der Waals surface area contributed by atoms with Gasteiger partial charge in [-0.1, -0.05) is 91.0 Å². The molecule has 0 bridgehead atoms. The van der Waals surface area contributed by atoms with Crippen LogP contribution in [-0.2, 0) is 48.5 Å². The first-order valence-electron chi connectivity index (χ1n) is 14.4. The van der Waals surface area contributed by atoms with Crippen molar-refractivity contribution >= 4 is 32.0 Å². The monoisotopic (exact) mass is 683 g/mol. The van der Waals surface area contributed by atoms with Crippen LogP contribution in [0.15, 0.2) is 108 Å². The molecule has 0 aliphatic carbocycles. The summed E-state index contributed by atoms with van der Waals surface area (Å²) in [6.45, 7) is 0.881. The van der Waals surface area contributed by atoms with Crippen molar-refractivity contribution in [1.29, 1.82) is 0 Å². The van der Waals surface area contributed by atoms with Gasteiger partial charge in [-0.25, -0.2) is 4.79 Å². The van der Waals surface area contributed by atoms with Crippen LogP contribution >= 0.6 is 0 Å². The highest BCUT2D eigenvalue weighted by molar-refractivity contribution is 7.86. The minimum atomic E-state index is -4.26. The number of amides is 1. The molecule has 0 unspecified atom stereocenters. The first-order valence-corrected chi connectivity index (χ1v) is 18.0. The molecule has 5 rings (SSSR count). The smallest absolute Gasteiger partial charge is 0.351 e. The second kappa shape index (κ2) is 13.9. The van der Waals surface area contributed by atoms with E-state index in [1.807, 2.05) is 91.0 Å². The molecule has 248 valence electrons. The molecule has 1 N–H and O–H groups in total. The van der Waals surface area contributed by atoms with Gasteiger partial charge >= 0.3 is 5.69 Å². The molecular formula is C32H33N3O10S2. The Labute approximate surface area is 272 Å². The molecule has 2 heterocycles. The fraction of sp³-hybridized carbons (Fsp3) is 0.281. The molecule has 1 aliphatic heterocycles. The van der Waals surface area contributed by atoms with E-state index in [-0.39, 0.29) is 12.4 Å². The Morgan fingerprint density at radius 3 is 1.70 bits per heavy atom. The van der Waals surface area contributed by atoms with Crippen LogP contribution in [0.3, 0.4) is 0 Å². The number of aromatic nitrogens is 2. The van der Waals surface area contributed by atoms with Crippen LogP contribution in [0.25, 0.3) is 0 Å². The second-order valence-corrected chi connectivity index (χ2v) is 14.1. The highest BCUT2D eigenvalue weighted by Gasteiger charge is 2.52. The van der Waals surface area contributed by atoms with Gasteiger partial charge in [-0.2, -0.15) is 21.8 Å². The molecule has 1 fully saturated rings. The van der Waals surface area contributed by atoms with Gasteiger partial charge < -0.3 is 14.8 Å². The number of nitrogens with zero attached hydrogens (tertiary/aromatic N) is 2. The summed E-state index contributed by atoms with van der Waals surface area (Å²) in [6, 6.07) is 29.4. The lowest BCUT2D eigenvalue weighted by atomic mass is 9.80. The SMILES string of the molecule is CC(=O)Nc1ccn([C@@H]2O[C@H](COC(c3ccccc3)(c3ccccc3)c3ccccc3)[C@@H](OS(C)(=O)=O)[C@H]2OS(C)(=O)=O)c(=O)n1. The molecule has 4 atom stereocenters. The largest absolute Gasteiger partial charge is 0.358 e. The molecular weight excluding hydrogens is 650 g/mol. The Hall–Kier alpha value is -4.25. The van der Waals surface area contributed by atoms with Crippen LogP contribution in [0.1, 0.15) is 29.8 Å².